The third kappa shape index (κ3) is 3.15. The monoisotopic (exact) mass is 299 g/mol. The van der Waals surface area contributed by atoms with Gasteiger partial charge in [0.2, 0.25) is 5.91 Å². The standard InChI is InChI=1S/C13H15F2N3O3/c14-8-4-10(15)12(11(5-8)18(20)21)17-13(19)9-3-1-2-7(9)6-16/h4-5,7,9H,1-3,6,16H2,(H,17,19). The zero-order valence-electron chi connectivity index (χ0n) is 11.1. The number of benzene rings is 1. The van der Waals surface area contributed by atoms with Crippen molar-refractivity contribution in [3.05, 3.63) is 33.9 Å². The quantitative estimate of drug-likeness (QED) is 0.657. The van der Waals surface area contributed by atoms with Crippen molar-refractivity contribution < 1.29 is 18.5 Å². The first-order chi connectivity index (χ1) is 9.93. The fraction of sp³-hybridized carbons (Fsp3) is 0.462. The van der Waals surface area contributed by atoms with Gasteiger partial charge in [-0.05, 0) is 25.3 Å². The molecule has 0 radical (unpaired) electrons. The SMILES string of the molecule is NCC1CCCC1C(=O)Nc1c(F)cc(F)cc1[N+](=O)[O-]. The number of carbonyl (C=O) groups excluding carboxylic acids is 1. The molecule has 1 saturated carbocycles. The van der Waals surface area contributed by atoms with Crippen LogP contribution in [0.3, 0.4) is 0 Å². The van der Waals surface area contributed by atoms with Gasteiger partial charge in [-0.3, -0.25) is 14.9 Å². The normalized spacial score (nSPS) is 21.3. The molecular formula is C13H15F2N3O3. The third-order valence-electron chi connectivity index (χ3n) is 3.78. The molecule has 0 aromatic heterocycles. The summed E-state index contributed by atoms with van der Waals surface area (Å²) in [5.74, 6) is -3.18. The van der Waals surface area contributed by atoms with Crippen LogP contribution in [0, 0.1) is 33.6 Å². The summed E-state index contributed by atoms with van der Waals surface area (Å²) in [6.07, 6.45) is 2.22. The highest BCUT2D eigenvalue weighted by Gasteiger charge is 2.33. The van der Waals surface area contributed by atoms with Gasteiger partial charge in [0.25, 0.3) is 5.69 Å². The van der Waals surface area contributed by atoms with Gasteiger partial charge < -0.3 is 11.1 Å². The van der Waals surface area contributed by atoms with E-state index >= 15 is 0 Å². The fourth-order valence-corrected chi connectivity index (χ4v) is 2.71. The average molecular weight is 299 g/mol. The van der Waals surface area contributed by atoms with Crippen molar-refractivity contribution in [1.82, 2.24) is 0 Å². The molecule has 1 amide bonds. The van der Waals surface area contributed by atoms with Crippen LogP contribution in [-0.4, -0.2) is 17.4 Å². The molecule has 1 aliphatic carbocycles. The van der Waals surface area contributed by atoms with E-state index in [0.717, 1.165) is 12.8 Å². The number of nitrogens with two attached hydrogens (primary N) is 1. The lowest BCUT2D eigenvalue weighted by atomic mass is 9.95. The summed E-state index contributed by atoms with van der Waals surface area (Å²) in [5, 5.41) is 13.1. The molecular weight excluding hydrogens is 284 g/mol. The lowest BCUT2D eigenvalue weighted by Crippen LogP contribution is -2.30. The van der Waals surface area contributed by atoms with Crippen LogP contribution in [0.2, 0.25) is 0 Å². The van der Waals surface area contributed by atoms with E-state index in [1.165, 1.54) is 0 Å². The maximum Gasteiger partial charge on any atom is 0.298 e. The highest BCUT2D eigenvalue weighted by molar-refractivity contribution is 5.95. The molecule has 1 aliphatic rings. The van der Waals surface area contributed by atoms with Gasteiger partial charge in [0.05, 0.1) is 11.0 Å². The average Bonchev–Trinajstić information content (AvgIpc) is 2.89. The predicted octanol–water partition coefficient (Wildman–Crippen LogP) is 2.19. The first kappa shape index (κ1) is 15.3. The Balaban J connectivity index is 2.27. The fourth-order valence-electron chi connectivity index (χ4n) is 2.71. The topological polar surface area (TPSA) is 98.3 Å². The van der Waals surface area contributed by atoms with Gasteiger partial charge in [-0.1, -0.05) is 6.42 Å². The van der Waals surface area contributed by atoms with E-state index in [1.807, 2.05) is 0 Å². The minimum atomic E-state index is -1.17. The second-order valence-corrected chi connectivity index (χ2v) is 5.06. The van der Waals surface area contributed by atoms with Crippen molar-refractivity contribution in [3.63, 3.8) is 0 Å². The number of hydrogen-bond acceptors (Lipinski definition) is 4. The van der Waals surface area contributed by atoms with Crippen LogP contribution in [0.15, 0.2) is 12.1 Å². The van der Waals surface area contributed by atoms with E-state index in [1.54, 1.807) is 0 Å². The number of nitro groups is 1. The molecule has 0 aliphatic heterocycles. The Morgan fingerprint density at radius 1 is 1.43 bits per heavy atom. The second-order valence-electron chi connectivity index (χ2n) is 5.06. The number of nitro benzene ring substituents is 1. The van der Waals surface area contributed by atoms with Crippen molar-refractivity contribution in [2.45, 2.75) is 19.3 Å². The number of nitrogens with one attached hydrogen (secondary N) is 1. The van der Waals surface area contributed by atoms with Gasteiger partial charge in [-0.25, -0.2) is 8.78 Å². The lowest BCUT2D eigenvalue weighted by Gasteiger charge is -2.17. The van der Waals surface area contributed by atoms with Gasteiger partial charge in [0, 0.05) is 12.0 Å². The summed E-state index contributed by atoms with van der Waals surface area (Å²) >= 11 is 0. The molecule has 2 rings (SSSR count). The molecule has 3 N–H and O–H groups in total. The molecule has 2 unspecified atom stereocenters. The number of amides is 1. The number of hydrogen-bond donors (Lipinski definition) is 2. The summed E-state index contributed by atoms with van der Waals surface area (Å²) in [7, 11) is 0. The molecule has 0 bridgehead atoms. The Bertz CT molecular complexity index is 580. The molecule has 21 heavy (non-hydrogen) atoms. The van der Waals surface area contributed by atoms with Gasteiger partial charge in [-0.15, -0.1) is 0 Å². The van der Waals surface area contributed by atoms with Crippen LogP contribution in [-0.2, 0) is 4.79 Å². The molecule has 1 fully saturated rings. The van der Waals surface area contributed by atoms with Crippen LogP contribution in [0.5, 0.6) is 0 Å². The van der Waals surface area contributed by atoms with E-state index in [9.17, 15) is 23.7 Å². The second kappa shape index (κ2) is 6.13. The van der Waals surface area contributed by atoms with Gasteiger partial charge in [0.15, 0.2) is 11.5 Å². The number of halogens is 2. The molecule has 1 aromatic rings. The van der Waals surface area contributed by atoms with Gasteiger partial charge in [-0.2, -0.15) is 0 Å². The first-order valence-corrected chi connectivity index (χ1v) is 6.58. The molecule has 1 aromatic carbocycles. The Kier molecular flexibility index (Phi) is 4.46. The Morgan fingerprint density at radius 2 is 2.14 bits per heavy atom. The van der Waals surface area contributed by atoms with Crippen molar-refractivity contribution in [2.24, 2.45) is 17.6 Å². The van der Waals surface area contributed by atoms with Crippen molar-refractivity contribution in [3.8, 4) is 0 Å². The summed E-state index contributed by atoms with van der Waals surface area (Å²) in [6.45, 7) is 0.325. The minimum Gasteiger partial charge on any atom is -0.330 e. The highest BCUT2D eigenvalue weighted by atomic mass is 19.1. The summed E-state index contributed by atoms with van der Waals surface area (Å²) in [5.41, 5.74) is 4.17. The number of rotatable bonds is 4. The minimum absolute atomic E-state index is 0.0208. The maximum atomic E-state index is 13.7. The smallest absolute Gasteiger partial charge is 0.298 e. The number of carbonyl (C=O) groups is 1. The molecule has 2 atom stereocenters. The summed E-state index contributed by atoms with van der Waals surface area (Å²) in [6, 6.07) is 1.07. The molecule has 0 saturated heterocycles. The van der Waals surface area contributed by atoms with Crippen LogP contribution < -0.4 is 11.1 Å². The van der Waals surface area contributed by atoms with Crippen LogP contribution in [0.25, 0.3) is 0 Å². The molecule has 8 heteroatoms. The molecule has 6 nitrogen and oxygen atoms in total. The lowest BCUT2D eigenvalue weighted by molar-refractivity contribution is -0.384. The van der Waals surface area contributed by atoms with E-state index in [0.29, 0.717) is 25.1 Å². The summed E-state index contributed by atoms with van der Waals surface area (Å²) in [4.78, 5) is 22.1. The molecule has 0 spiro atoms. The third-order valence-corrected chi connectivity index (χ3v) is 3.78. The zero-order chi connectivity index (χ0) is 15.6. The number of anilines is 1. The Morgan fingerprint density at radius 3 is 2.76 bits per heavy atom. The van der Waals surface area contributed by atoms with Gasteiger partial charge in [0.1, 0.15) is 5.82 Å². The van der Waals surface area contributed by atoms with Crippen LogP contribution in [0.1, 0.15) is 19.3 Å². The Labute approximate surface area is 119 Å². The highest BCUT2D eigenvalue weighted by Crippen LogP contribution is 2.34. The molecule has 114 valence electrons. The predicted molar refractivity (Wildman–Crippen MR) is 71.5 cm³/mol. The van der Waals surface area contributed by atoms with Crippen LogP contribution >= 0.6 is 0 Å². The molecule has 0 heterocycles. The Hall–Kier alpha value is -2.09. The van der Waals surface area contributed by atoms with E-state index in [-0.39, 0.29) is 5.92 Å². The van der Waals surface area contributed by atoms with E-state index in [4.69, 9.17) is 5.73 Å². The summed E-state index contributed by atoms with van der Waals surface area (Å²) < 4.78 is 26.8. The first-order valence-electron chi connectivity index (χ1n) is 6.58. The maximum absolute atomic E-state index is 13.7. The zero-order valence-corrected chi connectivity index (χ0v) is 11.1. The van der Waals surface area contributed by atoms with Crippen molar-refractivity contribution >= 4 is 17.3 Å². The van der Waals surface area contributed by atoms with Crippen molar-refractivity contribution in [1.29, 1.82) is 0 Å². The number of nitrogens with zero attached hydrogens (tertiary/aromatic N) is 1. The van der Waals surface area contributed by atoms with Crippen LogP contribution in [0.4, 0.5) is 20.2 Å². The van der Waals surface area contributed by atoms with E-state index < -0.39 is 39.8 Å². The van der Waals surface area contributed by atoms with Crippen molar-refractivity contribution in [2.75, 3.05) is 11.9 Å². The largest absolute Gasteiger partial charge is 0.330 e. The van der Waals surface area contributed by atoms with Gasteiger partial charge >= 0.3 is 0 Å². The van der Waals surface area contributed by atoms with E-state index in [2.05, 4.69) is 5.32 Å².